The van der Waals surface area contributed by atoms with Crippen molar-refractivity contribution in [1.29, 1.82) is 0 Å². The molecule has 0 unspecified atom stereocenters. The van der Waals surface area contributed by atoms with Crippen LogP contribution in [-0.2, 0) is 9.53 Å². The Morgan fingerprint density at radius 2 is 2.15 bits per heavy atom. The quantitative estimate of drug-likeness (QED) is 0.836. The lowest BCUT2D eigenvalue weighted by Crippen LogP contribution is -2.80. The number of nitrogens with one attached hydrogen (secondary N) is 1. The summed E-state index contributed by atoms with van der Waals surface area (Å²) in [6, 6.07) is 0. The molecule has 1 amide bonds. The third-order valence-corrected chi connectivity index (χ3v) is 6.11. The molecule has 0 aromatic rings. The number of rotatable bonds is 3. The van der Waals surface area contributed by atoms with Gasteiger partial charge in [-0.3, -0.25) is 4.99 Å². The second-order valence-electron chi connectivity index (χ2n) is 5.98. The van der Waals surface area contributed by atoms with Crippen molar-refractivity contribution >= 4 is 22.8 Å². The van der Waals surface area contributed by atoms with Crippen LogP contribution in [0.5, 0.6) is 0 Å². The van der Waals surface area contributed by atoms with Gasteiger partial charge in [0.1, 0.15) is 0 Å². The van der Waals surface area contributed by atoms with E-state index in [-0.39, 0.29) is 0 Å². The highest BCUT2D eigenvalue weighted by molar-refractivity contribution is 8.14. The van der Waals surface area contributed by atoms with E-state index in [4.69, 9.17) is 4.74 Å². The summed E-state index contributed by atoms with van der Waals surface area (Å²) in [5, 5.41) is 1.59. The molecule has 1 aliphatic carbocycles. The first-order chi connectivity index (χ1) is 9.78. The number of hydrogen-bond donors (Lipinski definition) is 1. The molecule has 20 heavy (non-hydrogen) atoms. The number of amidine groups is 1. The van der Waals surface area contributed by atoms with Gasteiger partial charge in [-0.2, -0.15) is 4.90 Å². The Labute approximate surface area is 125 Å². The number of carbonyl (C=O) groups excluding carboxylic acids is 1. The molecule has 0 bridgehead atoms. The number of carbonyl (C=O) groups is 1. The molecule has 1 saturated carbocycles. The van der Waals surface area contributed by atoms with Crippen LogP contribution in [0.3, 0.4) is 0 Å². The van der Waals surface area contributed by atoms with Gasteiger partial charge in [-0.15, -0.1) is 0 Å². The normalized spacial score (nSPS) is 34.6. The Hall–Kier alpha value is -0.550. The average Bonchev–Trinajstić information content (AvgIpc) is 2.48. The van der Waals surface area contributed by atoms with Crippen LogP contribution in [0.25, 0.3) is 0 Å². The van der Waals surface area contributed by atoms with Gasteiger partial charge >= 0.3 is 11.1 Å². The fourth-order valence-electron chi connectivity index (χ4n) is 3.57. The monoisotopic (exact) mass is 297 g/mol. The van der Waals surface area contributed by atoms with Crippen molar-refractivity contribution in [3.8, 4) is 0 Å². The second kappa shape index (κ2) is 6.48. The fraction of sp³-hybridized carbons (Fsp3) is 0.867. The lowest BCUT2D eigenvalue weighted by Gasteiger charge is -2.36. The summed E-state index contributed by atoms with van der Waals surface area (Å²) in [6.07, 6.45) is 7.00. The van der Waals surface area contributed by atoms with Crippen LogP contribution >= 0.6 is 11.8 Å². The topological polar surface area (TPSA) is 43.5 Å². The van der Waals surface area contributed by atoms with Crippen LogP contribution in [0.2, 0.25) is 0 Å². The average molecular weight is 297 g/mol. The maximum Gasteiger partial charge on any atom is 0.313 e. The highest BCUT2D eigenvalue weighted by Gasteiger charge is 2.42. The molecule has 3 aliphatic rings. The number of thioether (sulfide) groups is 1. The van der Waals surface area contributed by atoms with E-state index in [1.165, 1.54) is 12.8 Å². The highest BCUT2D eigenvalue weighted by Crippen LogP contribution is 2.38. The van der Waals surface area contributed by atoms with E-state index in [1.807, 2.05) is 16.7 Å². The van der Waals surface area contributed by atoms with E-state index in [0.29, 0.717) is 23.2 Å². The Morgan fingerprint density at radius 3 is 2.90 bits per heavy atom. The molecule has 1 saturated heterocycles. The van der Waals surface area contributed by atoms with E-state index in [1.54, 1.807) is 0 Å². The summed E-state index contributed by atoms with van der Waals surface area (Å²) >= 11 is 1.91. The molecule has 2 fully saturated rings. The third-order valence-electron chi connectivity index (χ3n) is 4.67. The Morgan fingerprint density at radius 1 is 1.35 bits per heavy atom. The Kier molecular flexibility index (Phi) is 4.66. The summed E-state index contributed by atoms with van der Waals surface area (Å²) in [6.45, 7) is 4.80. The van der Waals surface area contributed by atoms with Crippen molar-refractivity contribution in [2.24, 2.45) is 5.92 Å². The number of ether oxygens (including phenoxy) is 1. The van der Waals surface area contributed by atoms with Crippen molar-refractivity contribution < 1.29 is 14.5 Å². The Bertz CT molecular complexity index is 391. The maximum absolute atomic E-state index is 12.3. The van der Waals surface area contributed by atoms with Gasteiger partial charge in [0.2, 0.25) is 0 Å². The summed E-state index contributed by atoms with van der Waals surface area (Å²) < 4.78 is 5.73. The first kappa shape index (κ1) is 14.4. The Balaban J connectivity index is 1.59. The van der Waals surface area contributed by atoms with Crippen molar-refractivity contribution in [3.05, 3.63) is 0 Å². The molecule has 0 spiro atoms. The smallest absolute Gasteiger partial charge is 0.313 e. The zero-order valence-corrected chi connectivity index (χ0v) is 13.1. The van der Waals surface area contributed by atoms with Gasteiger partial charge < -0.3 is 4.74 Å². The molecule has 5 heteroatoms. The lowest BCUT2D eigenvalue weighted by atomic mass is 9.84. The molecule has 1 N–H and O–H groups in total. The lowest BCUT2D eigenvalue weighted by molar-refractivity contribution is -0.465. The minimum absolute atomic E-state index is 0.322. The minimum Gasteiger partial charge on any atom is -0.379 e. The van der Waals surface area contributed by atoms with E-state index in [0.717, 1.165) is 50.5 Å². The van der Waals surface area contributed by atoms with E-state index >= 15 is 0 Å². The summed E-state index contributed by atoms with van der Waals surface area (Å²) in [7, 11) is 0. The van der Waals surface area contributed by atoms with Gasteiger partial charge in [0.25, 0.3) is 0 Å². The summed E-state index contributed by atoms with van der Waals surface area (Å²) in [5.41, 5.74) is 0. The van der Waals surface area contributed by atoms with E-state index in [9.17, 15) is 4.79 Å². The molecular weight excluding hydrogens is 272 g/mol. The SMILES string of the molecule is CCOC1CCC([C@@H]2CC(=O)N3CCC[NH+]=C3S2)CC1. The third kappa shape index (κ3) is 3.03. The molecule has 0 aromatic carbocycles. The summed E-state index contributed by atoms with van der Waals surface area (Å²) in [4.78, 5) is 17.6. The maximum atomic E-state index is 12.3. The molecule has 0 aromatic heterocycles. The van der Waals surface area contributed by atoms with Crippen molar-refractivity contribution in [2.45, 2.75) is 56.8 Å². The van der Waals surface area contributed by atoms with Gasteiger partial charge in [0.05, 0.1) is 25.6 Å². The summed E-state index contributed by atoms with van der Waals surface area (Å²) in [5.74, 6) is 1.00. The standard InChI is InChI=1S/C15H24N2O2S/c1-2-19-12-6-4-11(5-7-12)13-10-14(18)17-9-3-8-16-15(17)20-13/h11-13H,2-10H2,1H3/p+1/t11?,12?,13-/m0/s1. The molecular formula is C15H25N2O2S+. The van der Waals surface area contributed by atoms with Crippen molar-refractivity contribution in [3.63, 3.8) is 0 Å². The van der Waals surface area contributed by atoms with Gasteiger partial charge in [0, 0.05) is 18.3 Å². The molecule has 4 nitrogen and oxygen atoms in total. The fourth-order valence-corrected chi connectivity index (χ4v) is 5.05. The molecule has 112 valence electrons. The van der Waals surface area contributed by atoms with Gasteiger partial charge in [-0.1, -0.05) is 0 Å². The van der Waals surface area contributed by atoms with Crippen LogP contribution in [0.1, 0.15) is 45.4 Å². The zero-order chi connectivity index (χ0) is 13.9. The van der Waals surface area contributed by atoms with Gasteiger partial charge in [0.15, 0.2) is 0 Å². The molecule has 2 heterocycles. The van der Waals surface area contributed by atoms with E-state index < -0.39 is 0 Å². The first-order valence-electron chi connectivity index (χ1n) is 7.97. The van der Waals surface area contributed by atoms with Crippen LogP contribution in [-0.4, -0.2) is 47.0 Å². The predicted molar refractivity (Wildman–Crippen MR) is 80.5 cm³/mol. The van der Waals surface area contributed by atoms with Crippen LogP contribution in [0.4, 0.5) is 0 Å². The highest BCUT2D eigenvalue weighted by atomic mass is 32.2. The minimum atomic E-state index is 0.322. The van der Waals surface area contributed by atoms with Crippen LogP contribution in [0, 0.1) is 5.92 Å². The van der Waals surface area contributed by atoms with Crippen molar-refractivity contribution in [2.75, 3.05) is 19.7 Å². The molecule has 1 atom stereocenters. The zero-order valence-electron chi connectivity index (χ0n) is 12.3. The van der Waals surface area contributed by atoms with Crippen LogP contribution in [0.15, 0.2) is 0 Å². The predicted octanol–water partition coefficient (Wildman–Crippen LogP) is 0.756. The van der Waals surface area contributed by atoms with Crippen LogP contribution < -0.4 is 4.99 Å². The van der Waals surface area contributed by atoms with E-state index in [2.05, 4.69) is 11.9 Å². The number of hydrogen-bond acceptors (Lipinski definition) is 3. The number of nitrogens with zero attached hydrogens (tertiary/aromatic N) is 1. The first-order valence-corrected chi connectivity index (χ1v) is 8.85. The number of fused-ring (bicyclic) bond motifs is 1. The second-order valence-corrected chi connectivity index (χ2v) is 7.21. The van der Waals surface area contributed by atoms with Gasteiger partial charge in [-0.25, -0.2) is 4.79 Å². The number of amides is 1. The molecule has 3 rings (SSSR count). The largest absolute Gasteiger partial charge is 0.379 e. The molecule has 0 radical (unpaired) electrons. The van der Waals surface area contributed by atoms with Gasteiger partial charge in [-0.05, 0) is 50.3 Å². The van der Waals surface area contributed by atoms with Crippen molar-refractivity contribution in [1.82, 2.24) is 4.90 Å². The molecule has 2 aliphatic heterocycles.